The molecule has 0 saturated heterocycles. The van der Waals surface area contributed by atoms with Crippen molar-refractivity contribution < 1.29 is 14.3 Å². The number of benzene rings is 1. The monoisotopic (exact) mass is 337 g/mol. The lowest BCUT2D eigenvalue weighted by atomic mass is 10.1. The van der Waals surface area contributed by atoms with Crippen LogP contribution in [0, 0.1) is 13.8 Å². The molecule has 0 saturated carbocycles. The summed E-state index contributed by atoms with van der Waals surface area (Å²) >= 11 is 1.69. The van der Waals surface area contributed by atoms with Crippen LogP contribution in [0.1, 0.15) is 31.4 Å². The number of rotatable bonds is 10. The Bertz CT molecular complexity index is 518. The van der Waals surface area contributed by atoms with Crippen LogP contribution in [0.5, 0.6) is 11.5 Å². The first kappa shape index (κ1) is 19.4. The predicted octanol–water partition coefficient (Wildman–Crippen LogP) is 4.74. The van der Waals surface area contributed by atoms with Crippen molar-refractivity contribution in [1.29, 1.82) is 0 Å². The van der Waals surface area contributed by atoms with Gasteiger partial charge in [0.15, 0.2) is 0 Å². The quantitative estimate of drug-likeness (QED) is 0.203. The first-order chi connectivity index (χ1) is 11.1. The van der Waals surface area contributed by atoms with Gasteiger partial charge in [0.25, 0.3) is 0 Å². The summed E-state index contributed by atoms with van der Waals surface area (Å²) in [5.41, 5.74) is 3.20. The first-order valence-electron chi connectivity index (χ1n) is 7.77. The van der Waals surface area contributed by atoms with Crippen molar-refractivity contribution in [2.45, 2.75) is 34.1 Å². The average Bonchev–Trinajstić information content (AvgIpc) is 2.52. The molecule has 0 aromatic heterocycles. The van der Waals surface area contributed by atoms with Crippen LogP contribution in [0.2, 0.25) is 0 Å². The molecule has 23 heavy (non-hydrogen) atoms. The highest BCUT2D eigenvalue weighted by Gasteiger charge is 2.08. The molecule has 0 spiro atoms. The van der Waals surface area contributed by atoms with E-state index >= 15 is 0 Å². The van der Waals surface area contributed by atoms with Crippen molar-refractivity contribution >= 4 is 17.5 Å². The van der Waals surface area contributed by atoms with E-state index in [1.165, 1.54) is 0 Å². The van der Waals surface area contributed by atoms with Gasteiger partial charge in [-0.2, -0.15) is 0 Å². The van der Waals surface area contributed by atoms with Crippen LogP contribution in [0.4, 0.5) is 0 Å². The van der Waals surface area contributed by atoms with Crippen molar-refractivity contribution in [3.63, 3.8) is 0 Å². The van der Waals surface area contributed by atoms with E-state index in [0.717, 1.165) is 40.5 Å². The average molecular weight is 337 g/mol. The minimum atomic E-state index is 0.586. The fourth-order valence-electron chi connectivity index (χ4n) is 2.04. The zero-order valence-corrected chi connectivity index (χ0v) is 15.5. The molecular formula is C18H27NO3S. The maximum Gasteiger partial charge on any atom is 0.134 e. The molecule has 0 atom stereocenters. The van der Waals surface area contributed by atoms with Gasteiger partial charge in [0, 0.05) is 5.75 Å². The molecule has 1 rings (SSSR count). The number of aryl methyl sites for hydroxylation is 2. The van der Waals surface area contributed by atoms with Crippen molar-refractivity contribution in [3.05, 3.63) is 35.4 Å². The largest absolute Gasteiger partial charge is 0.490 e. The number of oxime groups is 1. The van der Waals surface area contributed by atoms with Gasteiger partial charge in [0.05, 0.1) is 5.71 Å². The third kappa shape index (κ3) is 6.99. The van der Waals surface area contributed by atoms with Gasteiger partial charge in [-0.05, 0) is 50.5 Å². The minimum absolute atomic E-state index is 0.586. The first-order valence-corrected chi connectivity index (χ1v) is 8.92. The number of nitrogens with zero attached hydrogens (tertiary/aromatic N) is 1. The van der Waals surface area contributed by atoms with Gasteiger partial charge in [0.1, 0.15) is 31.2 Å². The molecule has 128 valence electrons. The van der Waals surface area contributed by atoms with E-state index in [1.54, 1.807) is 18.9 Å². The summed E-state index contributed by atoms with van der Waals surface area (Å²) in [4.78, 5) is 4.82. The van der Waals surface area contributed by atoms with E-state index in [4.69, 9.17) is 14.3 Å². The van der Waals surface area contributed by atoms with Crippen molar-refractivity contribution in [2.24, 2.45) is 5.16 Å². The summed E-state index contributed by atoms with van der Waals surface area (Å²) in [6, 6.07) is 4.03. The van der Waals surface area contributed by atoms with Crippen molar-refractivity contribution in [1.82, 2.24) is 0 Å². The second kappa shape index (κ2) is 11.0. The highest BCUT2D eigenvalue weighted by Crippen LogP contribution is 2.29. The number of ether oxygens (including phenoxy) is 2. The van der Waals surface area contributed by atoms with Crippen LogP contribution in [0.15, 0.2) is 29.4 Å². The highest BCUT2D eigenvalue weighted by atomic mass is 32.2. The van der Waals surface area contributed by atoms with Gasteiger partial charge < -0.3 is 14.3 Å². The van der Waals surface area contributed by atoms with E-state index in [0.29, 0.717) is 12.5 Å². The lowest BCUT2D eigenvalue weighted by Crippen LogP contribution is -2.05. The molecule has 0 heterocycles. The Labute approximate surface area is 143 Å². The third-order valence-corrected chi connectivity index (χ3v) is 4.02. The van der Waals surface area contributed by atoms with Gasteiger partial charge in [-0.1, -0.05) is 24.2 Å². The molecular weight excluding hydrogens is 310 g/mol. The van der Waals surface area contributed by atoms with E-state index in [1.807, 2.05) is 45.1 Å². The van der Waals surface area contributed by atoms with Gasteiger partial charge in [-0.25, -0.2) is 0 Å². The fourth-order valence-corrected chi connectivity index (χ4v) is 2.82. The van der Waals surface area contributed by atoms with Crippen LogP contribution in [0.3, 0.4) is 0 Å². The Morgan fingerprint density at radius 3 is 2.48 bits per heavy atom. The smallest absolute Gasteiger partial charge is 0.134 e. The Balaban J connectivity index is 2.55. The Hall–Kier alpha value is -1.62. The molecule has 0 bridgehead atoms. The van der Waals surface area contributed by atoms with Gasteiger partial charge >= 0.3 is 0 Å². The molecule has 0 N–H and O–H groups in total. The molecule has 0 aliphatic carbocycles. The van der Waals surface area contributed by atoms with E-state index in [9.17, 15) is 0 Å². The highest BCUT2D eigenvalue weighted by molar-refractivity contribution is 7.99. The second-order valence-corrected chi connectivity index (χ2v) is 6.00. The maximum absolute atomic E-state index is 5.92. The topological polar surface area (TPSA) is 40.0 Å². The summed E-state index contributed by atoms with van der Waals surface area (Å²) in [5.74, 6) is 3.20. The number of hydrogen-bond acceptors (Lipinski definition) is 5. The zero-order valence-electron chi connectivity index (χ0n) is 14.7. The van der Waals surface area contributed by atoms with Crippen LogP contribution in [-0.2, 0) is 4.84 Å². The second-order valence-electron chi connectivity index (χ2n) is 5.07. The fraction of sp³-hybridized carbons (Fsp3) is 0.500. The standard InChI is InChI=1S/C18H27NO3S/c1-6-8-9-21-17-10-14(3)18(15(4)11-17)22-13-23-12-16(7-2)19-20-5/h6,8,10-11H,7,9,12-13H2,1-5H3/b8-6+,19-16+. The normalized spacial score (nSPS) is 11.8. The van der Waals surface area contributed by atoms with Gasteiger partial charge in [-0.3, -0.25) is 0 Å². The van der Waals surface area contributed by atoms with Crippen LogP contribution < -0.4 is 9.47 Å². The van der Waals surface area contributed by atoms with E-state index < -0.39 is 0 Å². The number of hydrogen-bond donors (Lipinski definition) is 0. The lowest BCUT2D eigenvalue weighted by molar-refractivity contribution is 0.212. The van der Waals surface area contributed by atoms with E-state index in [-0.39, 0.29) is 0 Å². The molecule has 0 aliphatic heterocycles. The SMILES string of the molecule is C/C=C/COc1cc(C)c(OCSC/C(CC)=N/OC)c(C)c1. The minimum Gasteiger partial charge on any atom is -0.490 e. The van der Waals surface area contributed by atoms with Crippen LogP contribution in [-0.4, -0.2) is 31.1 Å². The molecule has 0 aliphatic rings. The summed E-state index contributed by atoms with van der Waals surface area (Å²) in [5, 5.41) is 3.99. The number of allylic oxidation sites excluding steroid dienone is 1. The molecule has 4 nitrogen and oxygen atoms in total. The maximum atomic E-state index is 5.92. The zero-order chi connectivity index (χ0) is 17.1. The predicted molar refractivity (Wildman–Crippen MR) is 98.9 cm³/mol. The molecule has 0 amide bonds. The third-order valence-electron chi connectivity index (χ3n) is 3.20. The molecule has 1 aromatic rings. The van der Waals surface area contributed by atoms with Crippen molar-refractivity contribution in [3.8, 4) is 11.5 Å². The van der Waals surface area contributed by atoms with Gasteiger partial charge in [-0.15, -0.1) is 11.8 Å². The molecule has 0 unspecified atom stereocenters. The summed E-state index contributed by atoms with van der Waals surface area (Å²) in [6.07, 6.45) is 4.85. The molecule has 0 fully saturated rings. The Morgan fingerprint density at radius 2 is 1.91 bits per heavy atom. The summed E-state index contributed by atoms with van der Waals surface area (Å²) in [7, 11) is 1.57. The Morgan fingerprint density at radius 1 is 1.22 bits per heavy atom. The summed E-state index contributed by atoms with van der Waals surface area (Å²) in [6.45, 7) is 8.72. The number of thioether (sulfide) groups is 1. The molecule has 5 heteroatoms. The van der Waals surface area contributed by atoms with Crippen molar-refractivity contribution in [2.75, 3.05) is 25.4 Å². The van der Waals surface area contributed by atoms with Crippen LogP contribution in [0.25, 0.3) is 0 Å². The van der Waals surface area contributed by atoms with E-state index in [2.05, 4.69) is 12.1 Å². The lowest BCUT2D eigenvalue weighted by Gasteiger charge is -2.14. The Kier molecular flexibility index (Phi) is 9.29. The van der Waals surface area contributed by atoms with Crippen LogP contribution >= 0.6 is 11.8 Å². The summed E-state index contributed by atoms with van der Waals surface area (Å²) < 4.78 is 11.6. The van der Waals surface area contributed by atoms with Gasteiger partial charge in [0.2, 0.25) is 0 Å². The molecule has 1 aromatic carbocycles. The molecule has 0 radical (unpaired) electrons.